The summed E-state index contributed by atoms with van der Waals surface area (Å²) in [4.78, 5) is 0. The number of aliphatic hydroxyl groups is 1. The molecule has 0 unspecified atom stereocenters. The summed E-state index contributed by atoms with van der Waals surface area (Å²) in [5.41, 5.74) is 1.86. The van der Waals surface area contributed by atoms with Crippen molar-refractivity contribution in [1.29, 1.82) is 0 Å². The van der Waals surface area contributed by atoms with Gasteiger partial charge in [0.2, 0.25) is 0 Å². The minimum absolute atomic E-state index is 0.227. The quantitative estimate of drug-likeness (QED) is 0.670. The Kier molecular flexibility index (Phi) is 3.00. The first kappa shape index (κ1) is 11.9. The van der Waals surface area contributed by atoms with Gasteiger partial charge in [-0.3, -0.25) is 0 Å². The lowest BCUT2D eigenvalue weighted by atomic mass is 9.67. The fourth-order valence-corrected chi connectivity index (χ4v) is 3.26. The first-order valence-electron chi connectivity index (χ1n) is 6.46. The van der Waals surface area contributed by atoms with Gasteiger partial charge in [0.05, 0.1) is 6.10 Å². The van der Waals surface area contributed by atoms with Crippen LogP contribution in [0.4, 0.5) is 0 Å². The molecule has 2 aliphatic rings. The van der Waals surface area contributed by atoms with Gasteiger partial charge < -0.3 is 5.11 Å². The highest BCUT2D eigenvalue weighted by Crippen LogP contribution is 2.49. The molecule has 16 heavy (non-hydrogen) atoms. The molecule has 0 bridgehead atoms. The molecular formula is C15H24O. The Bertz CT molecular complexity index is 324. The maximum Gasteiger partial charge on any atom is 0.0746 e. The van der Waals surface area contributed by atoms with Gasteiger partial charge in [-0.25, -0.2) is 0 Å². The minimum Gasteiger partial charge on any atom is -0.389 e. The monoisotopic (exact) mass is 220 g/mol. The largest absolute Gasteiger partial charge is 0.389 e. The third kappa shape index (κ3) is 1.86. The average Bonchev–Trinajstić information content (AvgIpc) is 2.47. The molecule has 2 rings (SSSR count). The third-order valence-corrected chi connectivity index (χ3v) is 4.92. The predicted octanol–water partition coefficient (Wildman–Crippen LogP) is 3.55. The van der Waals surface area contributed by atoms with E-state index >= 15 is 0 Å². The Hall–Kier alpha value is -0.560. The number of hydrogen-bond donors (Lipinski definition) is 1. The zero-order chi connectivity index (χ0) is 11.9. The summed E-state index contributed by atoms with van der Waals surface area (Å²) < 4.78 is 0. The van der Waals surface area contributed by atoms with Gasteiger partial charge in [0.1, 0.15) is 0 Å². The highest BCUT2D eigenvalue weighted by atomic mass is 16.3. The zero-order valence-electron chi connectivity index (χ0n) is 10.9. The summed E-state index contributed by atoms with van der Waals surface area (Å²) in [5, 5.41) is 9.72. The van der Waals surface area contributed by atoms with E-state index in [0.717, 1.165) is 12.3 Å². The Balaban J connectivity index is 2.14. The average molecular weight is 220 g/mol. The van der Waals surface area contributed by atoms with Crippen molar-refractivity contribution in [3.63, 3.8) is 0 Å². The van der Waals surface area contributed by atoms with Crippen molar-refractivity contribution < 1.29 is 5.11 Å². The van der Waals surface area contributed by atoms with Crippen LogP contribution >= 0.6 is 0 Å². The lowest BCUT2D eigenvalue weighted by Crippen LogP contribution is -2.32. The molecular weight excluding hydrogens is 196 g/mol. The van der Waals surface area contributed by atoms with Gasteiger partial charge in [0.25, 0.3) is 0 Å². The van der Waals surface area contributed by atoms with Gasteiger partial charge in [-0.1, -0.05) is 44.6 Å². The molecule has 0 saturated carbocycles. The highest BCUT2D eigenvalue weighted by Gasteiger charge is 2.40. The molecule has 0 spiro atoms. The standard InChI is InChI=1S/C15H24O/c1-10-9-12(6-8-14(10)16)13-7-5-11(2)15(13,3)4/h5-6,8,10,12-14,16H,7,9H2,1-4H3/t10-,12-,13-,14+/m1/s1. The second-order valence-corrected chi connectivity index (χ2v) is 6.20. The molecule has 1 N–H and O–H groups in total. The summed E-state index contributed by atoms with van der Waals surface area (Å²) in [6.45, 7) is 9.13. The number of aliphatic hydroxyl groups excluding tert-OH is 1. The molecule has 4 atom stereocenters. The van der Waals surface area contributed by atoms with Crippen molar-refractivity contribution in [2.75, 3.05) is 0 Å². The van der Waals surface area contributed by atoms with Crippen LogP contribution < -0.4 is 0 Å². The van der Waals surface area contributed by atoms with Crippen molar-refractivity contribution in [1.82, 2.24) is 0 Å². The second kappa shape index (κ2) is 4.03. The van der Waals surface area contributed by atoms with E-state index in [-0.39, 0.29) is 6.10 Å². The molecule has 0 fully saturated rings. The Morgan fingerprint density at radius 1 is 1.31 bits per heavy atom. The highest BCUT2D eigenvalue weighted by molar-refractivity contribution is 5.21. The van der Waals surface area contributed by atoms with Gasteiger partial charge in [-0.2, -0.15) is 0 Å². The molecule has 0 saturated heterocycles. The Morgan fingerprint density at radius 3 is 2.50 bits per heavy atom. The maximum atomic E-state index is 9.72. The lowest BCUT2D eigenvalue weighted by Gasteiger charge is -2.38. The smallest absolute Gasteiger partial charge is 0.0746 e. The van der Waals surface area contributed by atoms with E-state index in [0.29, 0.717) is 17.3 Å². The fourth-order valence-electron chi connectivity index (χ4n) is 3.26. The van der Waals surface area contributed by atoms with Gasteiger partial charge >= 0.3 is 0 Å². The topological polar surface area (TPSA) is 20.2 Å². The first-order chi connectivity index (χ1) is 7.43. The Labute approximate surface area is 99.3 Å². The summed E-state index contributed by atoms with van der Waals surface area (Å²) in [7, 11) is 0. The van der Waals surface area contributed by atoms with E-state index in [1.807, 2.05) is 6.08 Å². The molecule has 0 aliphatic heterocycles. The molecule has 90 valence electrons. The predicted molar refractivity (Wildman–Crippen MR) is 68.1 cm³/mol. The Morgan fingerprint density at radius 2 is 2.00 bits per heavy atom. The van der Waals surface area contributed by atoms with Crippen LogP contribution in [-0.4, -0.2) is 11.2 Å². The van der Waals surface area contributed by atoms with Crippen LogP contribution in [0.2, 0.25) is 0 Å². The molecule has 1 nitrogen and oxygen atoms in total. The van der Waals surface area contributed by atoms with Gasteiger partial charge in [0.15, 0.2) is 0 Å². The number of rotatable bonds is 1. The van der Waals surface area contributed by atoms with E-state index in [2.05, 4.69) is 39.8 Å². The van der Waals surface area contributed by atoms with E-state index < -0.39 is 0 Å². The summed E-state index contributed by atoms with van der Waals surface area (Å²) in [5.74, 6) is 1.77. The molecule has 0 aromatic heterocycles. The van der Waals surface area contributed by atoms with Crippen molar-refractivity contribution in [2.45, 2.75) is 46.6 Å². The molecule has 0 aromatic carbocycles. The normalized spacial score (nSPS) is 42.2. The molecule has 1 heteroatoms. The van der Waals surface area contributed by atoms with E-state index in [9.17, 15) is 5.11 Å². The third-order valence-electron chi connectivity index (χ3n) is 4.92. The van der Waals surface area contributed by atoms with E-state index in [1.165, 1.54) is 12.0 Å². The van der Waals surface area contributed by atoms with Crippen LogP contribution in [-0.2, 0) is 0 Å². The van der Waals surface area contributed by atoms with Crippen molar-refractivity contribution in [3.8, 4) is 0 Å². The van der Waals surface area contributed by atoms with Crippen LogP contribution in [0.1, 0.15) is 40.5 Å². The van der Waals surface area contributed by atoms with Gasteiger partial charge in [0, 0.05) is 0 Å². The molecule has 0 aromatic rings. The molecule has 2 aliphatic carbocycles. The zero-order valence-corrected chi connectivity index (χ0v) is 10.9. The van der Waals surface area contributed by atoms with Crippen LogP contribution in [0.15, 0.2) is 23.8 Å². The van der Waals surface area contributed by atoms with Crippen LogP contribution in [0, 0.1) is 23.2 Å². The molecule has 0 heterocycles. The van der Waals surface area contributed by atoms with Crippen LogP contribution in [0.25, 0.3) is 0 Å². The van der Waals surface area contributed by atoms with Crippen LogP contribution in [0.3, 0.4) is 0 Å². The van der Waals surface area contributed by atoms with Gasteiger partial charge in [-0.05, 0) is 42.9 Å². The van der Waals surface area contributed by atoms with Crippen molar-refractivity contribution >= 4 is 0 Å². The summed E-state index contributed by atoms with van der Waals surface area (Å²) in [6, 6.07) is 0. The number of allylic oxidation sites excluding steroid dienone is 3. The van der Waals surface area contributed by atoms with E-state index in [1.54, 1.807) is 0 Å². The molecule has 0 amide bonds. The van der Waals surface area contributed by atoms with Gasteiger partial charge in [-0.15, -0.1) is 0 Å². The second-order valence-electron chi connectivity index (χ2n) is 6.20. The lowest BCUT2D eigenvalue weighted by molar-refractivity contribution is 0.112. The first-order valence-corrected chi connectivity index (χ1v) is 6.46. The molecule has 0 radical (unpaired) electrons. The van der Waals surface area contributed by atoms with Crippen molar-refractivity contribution in [2.24, 2.45) is 23.2 Å². The fraction of sp³-hybridized carbons (Fsp3) is 0.733. The maximum absolute atomic E-state index is 9.72. The van der Waals surface area contributed by atoms with Crippen LogP contribution in [0.5, 0.6) is 0 Å². The van der Waals surface area contributed by atoms with E-state index in [4.69, 9.17) is 0 Å². The van der Waals surface area contributed by atoms with Crippen molar-refractivity contribution in [3.05, 3.63) is 23.8 Å². The SMILES string of the molecule is CC1=CC[C@H]([C@@H]2C=C[C@H](O)[C@H](C)C2)C1(C)C. The summed E-state index contributed by atoms with van der Waals surface area (Å²) in [6.07, 6.45) is 8.76. The summed E-state index contributed by atoms with van der Waals surface area (Å²) >= 11 is 0. The minimum atomic E-state index is -0.227. The number of hydrogen-bond acceptors (Lipinski definition) is 1.